The summed E-state index contributed by atoms with van der Waals surface area (Å²) >= 11 is 0. The molecule has 1 saturated carbocycles. The molecule has 0 aromatic heterocycles. The number of carbonyl (C=O) groups is 1. The summed E-state index contributed by atoms with van der Waals surface area (Å²) in [5.74, 6) is -0.651. The van der Waals surface area contributed by atoms with E-state index in [1.807, 2.05) is 26.0 Å². The third-order valence-electron chi connectivity index (χ3n) is 3.89. The van der Waals surface area contributed by atoms with E-state index in [0.717, 1.165) is 42.4 Å². The van der Waals surface area contributed by atoms with E-state index in [9.17, 15) is 9.90 Å². The van der Waals surface area contributed by atoms with E-state index < -0.39 is 11.4 Å². The molecule has 1 aromatic rings. The van der Waals surface area contributed by atoms with Crippen LogP contribution in [0.4, 0.5) is 0 Å². The van der Waals surface area contributed by atoms with Crippen molar-refractivity contribution >= 4 is 5.97 Å². The topological polar surface area (TPSA) is 37.3 Å². The van der Waals surface area contributed by atoms with Gasteiger partial charge < -0.3 is 5.11 Å². The quantitative estimate of drug-likeness (QED) is 0.846. The largest absolute Gasteiger partial charge is 0.481 e. The van der Waals surface area contributed by atoms with E-state index in [4.69, 9.17) is 0 Å². The van der Waals surface area contributed by atoms with Crippen LogP contribution in [0.15, 0.2) is 18.2 Å². The van der Waals surface area contributed by atoms with Gasteiger partial charge in [0.1, 0.15) is 0 Å². The zero-order chi connectivity index (χ0) is 12.5. The Morgan fingerprint density at radius 3 is 2.06 bits per heavy atom. The lowest BCUT2D eigenvalue weighted by Crippen LogP contribution is -2.37. The van der Waals surface area contributed by atoms with E-state index in [1.54, 1.807) is 0 Å². The summed E-state index contributed by atoms with van der Waals surface area (Å²) in [7, 11) is 0. The summed E-state index contributed by atoms with van der Waals surface area (Å²) in [6.45, 7) is 4.07. The van der Waals surface area contributed by atoms with Gasteiger partial charge in [-0.05, 0) is 32.3 Å². The van der Waals surface area contributed by atoms with Crippen LogP contribution < -0.4 is 0 Å². The van der Waals surface area contributed by atoms with Crippen LogP contribution in [0.25, 0.3) is 0 Å². The van der Waals surface area contributed by atoms with Crippen LogP contribution in [0.2, 0.25) is 0 Å². The van der Waals surface area contributed by atoms with Gasteiger partial charge in [0.2, 0.25) is 0 Å². The Bertz CT molecular complexity index is 408. The molecule has 1 N–H and O–H groups in total. The maximum Gasteiger partial charge on any atom is 0.314 e. The second-order valence-electron chi connectivity index (χ2n) is 5.32. The predicted octanol–water partition coefficient (Wildman–Crippen LogP) is 3.59. The first-order chi connectivity index (χ1) is 8.04. The molecular weight excluding hydrogens is 212 g/mol. The van der Waals surface area contributed by atoms with Crippen LogP contribution in [-0.4, -0.2) is 11.1 Å². The standard InChI is InChI=1S/C15H20O2/c1-11-8-12(2)10-13(9-11)15(14(16)17)6-4-3-5-7-15/h8-10H,3-7H2,1-2H3,(H,16,17). The van der Waals surface area contributed by atoms with Gasteiger partial charge in [0.15, 0.2) is 0 Å². The van der Waals surface area contributed by atoms with E-state index in [2.05, 4.69) is 6.07 Å². The Kier molecular flexibility index (Phi) is 3.23. The molecule has 0 saturated heterocycles. The summed E-state index contributed by atoms with van der Waals surface area (Å²) < 4.78 is 0. The van der Waals surface area contributed by atoms with Gasteiger partial charge in [-0.3, -0.25) is 4.79 Å². The van der Waals surface area contributed by atoms with Crippen molar-refractivity contribution in [2.24, 2.45) is 0 Å². The summed E-state index contributed by atoms with van der Waals surface area (Å²) in [6.07, 6.45) is 4.79. The summed E-state index contributed by atoms with van der Waals surface area (Å²) in [6, 6.07) is 6.20. The summed E-state index contributed by atoms with van der Waals surface area (Å²) in [4.78, 5) is 11.7. The van der Waals surface area contributed by atoms with E-state index in [1.165, 1.54) is 6.42 Å². The lowest BCUT2D eigenvalue weighted by Gasteiger charge is -2.34. The lowest BCUT2D eigenvalue weighted by atomic mass is 9.69. The highest BCUT2D eigenvalue weighted by Crippen LogP contribution is 2.40. The van der Waals surface area contributed by atoms with Crippen molar-refractivity contribution in [2.75, 3.05) is 0 Å². The van der Waals surface area contributed by atoms with Gasteiger partial charge in [-0.1, -0.05) is 48.6 Å². The fourth-order valence-corrected chi connectivity index (χ4v) is 3.03. The van der Waals surface area contributed by atoms with E-state index >= 15 is 0 Å². The Balaban J connectivity index is 2.48. The fourth-order valence-electron chi connectivity index (χ4n) is 3.03. The number of rotatable bonds is 2. The highest BCUT2D eigenvalue weighted by atomic mass is 16.4. The third kappa shape index (κ3) is 2.21. The highest BCUT2D eigenvalue weighted by Gasteiger charge is 2.41. The minimum atomic E-state index is -0.651. The van der Waals surface area contributed by atoms with Crippen molar-refractivity contribution in [3.05, 3.63) is 34.9 Å². The molecule has 1 aliphatic rings. The van der Waals surface area contributed by atoms with E-state index in [-0.39, 0.29) is 0 Å². The fraction of sp³-hybridized carbons (Fsp3) is 0.533. The molecule has 2 heteroatoms. The van der Waals surface area contributed by atoms with Gasteiger partial charge in [0.05, 0.1) is 5.41 Å². The van der Waals surface area contributed by atoms with Crippen molar-refractivity contribution in [1.29, 1.82) is 0 Å². The molecule has 1 fully saturated rings. The molecule has 0 atom stereocenters. The molecule has 1 aromatic carbocycles. The number of hydrogen-bond donors (Lipinski definition) is 1. The number of aliphatic carboxylic acids is 1. The van der Waals surface area contributed by atoms with Gasteiger partial charge in [0.25, 0.3) is 0 Å². The third-order valence-corrected chi connectivity index (χ3v) is 3.89. The molecule has 0 unspecified atom stereocenters. The van der Waals surface area contributed by atoms with Gasteiger partial charge in [-0.2, -0.15) is 0 Å². The van der Waals surface area contributed by atoms with Crippen LogP contribution in [0.5, 0.6) is 0 Å². The SMILES string of the molecule is Cc1cc(C)cc(C2(C(=O)O)CCCCC2)c1. The van der Waals surface area contributed by atoms with Crippen LogP contribution in [0.1, 0.15) is 48.8 Å². The van der Waals surface area contributed by atoms with Crippen molar-refractivity contribution in [3.63, 3.8) is 0 Å². The zero-order valence-corrected chi connectivity index (χ0v) is 10.6. The molecule has 0 radical (unpaired) electrons. The average molecular weight is 232 g/mol. The molecule has 2 rings (SSSR count). The van der Waals surface area contributed by atoms with Crippen LogP contribution in [-0.2, 0) is 10.2 Å². The lowest BCUT2D eigenvalue weighted by molar-refractivity contribution is -0.145. The highest BCUT2D eigenvalue weighted by molar-refractivity contribution is 5.81. The first-order valence-electron chi connectivity index (χ1n) is 6.37. The minimum Gasteiger partial charge on any atom is -0.481 e. The molecule has 92 valence electrons. The van der Waals surface area contributed by atoms with Crippen LogP contribution in [0, 0.1) is 13.8 Å². The molecule has 0 amide bonds. The Hall–Kier alpha value is -1.31. The number of aryl methyl sites for hydroxylation is 2. The Labute approximate surface area is 103 Å². The Morgan fingerprint density at radius 1 is 1.06 bits per heavy atom. The van der Waals surface area contributed by atoms with Crippen molar-refractivity contribution in [3.8, 4) is 0 Å². The monoisotopic (exact) mass is 232 g/mol. The predicted molar refractivity (Wildman–Crippen MR) is 68.3 cm³/mol. The summed E-state index contributed by atoms with van der Waals surface area (Å²) in [5.41, 5.74) is 2.69. The van der Waals surface area contributed by atoms with Crippen molar-refractivity contribution in [1.82, 2.24) is 0 Å². The molecular formula is C15H20O2. The van der Waals surface area contributed by atoms with E-state index in [0.29, 0.717) is 0 Å². The average Bonchev–Trinajstić information content (AvgIpc) is 2.28. The maximum atomic E-state index is 11.7. The normalized spacial score (nSPS) is 18.9. The number of hydrogen-bond acceptors (Lipinski definition) is 1. The number of carboxylic acids is 1. The first kappa shape index (κ1) is 12.2. The van der Waals surface area contributed by atoms with Crippen LogP contribution in [0.3, 0.4) is 0 Å². The summed E-state index contributed by atoms with van der Waals surface area (Å²) in [5, 5.41) is 9.62. The van der Waals surface area contributed by atoms with Crippen molar-refractivity contribution in [2.45, 2.75) is 51.4 Å². The second-order valence-corrected chi connectivity index (χ2v) is 5.32. The molecule has 1 aliphatic carbocycles. The smallest absolute Gasteiger partial charge is 0.314 e. The molecule has 2 nitrogen and oxygen atoms in total. The van der Waals surface area contributed by atoms with Gasteiger partial charge in [0, 0.05) is 0 Å². The minimum absolute atomic E-state index is 0.630. The second kappa shape index (κ2) is 4.52. The van der Waals surface area contributed by atoms with Crippen LogP contribution >= 0.6 is 0 Å². The zero-order valence-electron chi connectivity index (χ0n) is 10.6. The molecule has 0 spiro atoms. The number of benzene rings is 1. The molecule has 0 aliphatic heterocycles. The Morgan fingerprint density at radius 2 is 1.59 bits per heavy atom. The first-order valence-corrected chi connectivity index (χ1v) is 6.37. The van der Waals surface area contributed by atoms with Crippen molar-refractivity contribution < 1.29 is 9.90 Å². The molecule has 17 heavy (non-hydrogen) atoms. The number of carboxylic acid groups (broad SMARTS) is 1. The molecule has 0 bridgehead atoms. The van der Waals surface area contributed by atoms with Gasteiger partial charge in [-0.25, -0.2) is 0 Å². The maximum absolute atomic E-state index is 11.7. The van der Waals surface area contributed by atoms with Gasteiger partial charge >= 0.3 is 5.97 Å². The molecule has 0 heterocycles. The van der Waals surface area contributed by atoms with Gasteiger partial charge in [-0.15, -0.1) is 0 Å².